The van der Waals surface area contributed by atoms with Crippen LogP contribution in [0.4, 0.5) is 0 Å². The van der Waals surface area contributed by atoms with E-state index >= 15 is 0 Å². The van der Waals surface area contributed by atoms with Gasteiger partial charge < -0.3 is 9.84 Å². The van der Waals surface area contributed by atoms with Crippen LogP contribution >= 0.6 is 46.4 Å². The Kier molecular flexibility index (Phi) is 5.50. The molecule has 0 aliphatic rings. The van der Waals surface area contributed by atoms with Crippen molar-refractivity contribution in [2.75, 3.05) is 7.11 Å². The predicted octanol–water partition coefficient (Wildman–Crippen LogP) is 5.64. The van der Waals surface area contributed by atoms with Crippen molar-refractivity contribution >= 4 is 46.4 Å². The first-order chi connectivity index (χ1) is 9.95. The molecule has 0 bridgehead atoms. The topological polar surface area (TPSA) is 29.5 Å². The van der Waals surface area contributed by atoms with E-state index in [0.717, 1.165) is 5.56 Å². The molecule has 21 heavy (non-hydrogen) atoms. The van der Waals surface area contributed by atoms with Crippen LogP contribution in [0.2, 0.25) is 10.0 Å². The molecule has 2 aromatic rings. The van der Waals surface area contributed by atoms with Gasteiger partial charge in [0.25, 0.3) is 0 Å². The SMILES string of the molecule is COc1c(O)ccc(C(c2ccc(Cl)cc2)C(Cl)Cl)c1Cl. The summed E-state index contributed by atoms with van der Waals surface area (Å²) in [6.45, 7) is 0. The zero-order valence-electron chi connectivity index (χ0n) is 11.0. The first-order valence-corrected chi connectivity index (χ1v) is 7.67. The van der Waals surface area contributed by atoms with E-state index in [1.165, 1.54) is 13.2 Å². The molecule has 0 radical (unpaired) electrons. The largest absolute Gasteiger partial charge is 0.504 e. The number of hydrogen-bond donors (Lipinski definition) is 1. The second kappa shape index (κ2) is 6.97. The minimum Gasteiger partial charge on any atom is -0.504 e. The van der Waals surface area contributed by atoms with E-state index in [-0.39, 0.29) is 22.4 Å². The number of benzene rings is 2. The maximum absolute atomic E-state index is 9.75. The first kappa shape index (κ1) is 16.6. The van der Waals surface area contributed by atoms with Gasteiger partial charge in [0.1, 0.15) is 4.84 Å². The summed E-state index contributed by atoms with van der Waals surface area (Å²) in [6, 6.07) is 10.4. The molecule has 1 unspecified atom stereocenters. The summed E-state index contributed by atoms with van der Waals surface area (Å²) in [5.74, 6) is -0.212. The highest BCUT2D eigenvalue weighted by atomic mass is 35.5. The second-order valence-electron chi connectivity index (χ2n) is 4.38. The van der Waals surface area contributed by atoms with Gasteiger partial charge in [-0.05, 0) is 29.3 Å². The van der Waals surface area contributed by atoms with Crippen molar-refractivity contribution in [2.45, 2.75) is 10.8 Å². The molecule has 0 aliphatic carbocycles. The lowest BCUT2D eigenvalue weighted by molar-refractivity contribution is 0.373. The number of methoxy groups -OCH3 is 1. The Morgan fingerprint density at radius 3 is 2.14 bits per heavy atom. The summed E-state index contributed by atoms with van der Waals surface area (Å²) in [5.41, 5.74) is 1.53. The Morgan fingerprint density at radius 1 is 1.00 bits per heavy atom. The number of rotatable bonds is 4. The molecule has 0 amide bonds. The fourth-order valence-corrected chi connectivity index (χ4v) is 3.17. The molecule has 2 rings (SSSR count). The molecule has 1 N–H and O–H groups in total. The van der Waals surface area contributed by atoms with Crippen molar-refractivity contribution < 1.29 is 9.84 Å². The molecule has 1 atom stereocenters. The summed E-state index contributed by atoms with van der Waals surface area (Å²) < 4.78 is 5.11. The van der Waals surface area contributed by atoms with E-state index in [1.807, 2.05) is 12.1 Å². The monoisotopic (exact) mass is 364 g/mol. The molecule has 0 heterocycles. The van der Waals surface area contributed by atoms with Gasteiger partial charge in [-0.2, -0.15) is 0 Å². The predicted molar refractivity (Wildman–Crippen MR) is 88.5 cm³/mol. The van der Waals surface area contributed by atoms with E-state index in [2.05, 4.69) is 0 Å². The van der Waals surface area contributed by atoms with Crippen molar-refractivity contribution in [3.05, 3.63) is 57.6 Å². The Labute approximate surface area is 143 Å². The highest BCUT2D eigenvalue weighted by Gasteiger charge is 2.26. The Hall–Kier alpha value is -0.800. The van der Waals surface area contributed by atoms with Crippen molar-refractivity contribution in [3.8, 4) is 11.5 Å². The highest BCUT2D eigenvalue weighted by Crippen LogP contribution is 2.44. The van der Waals surface area contributed by atoms with Crippen molar-refractivity contribution in [3.63, 3.8) is 0 Å². The zero-order chi connectivity index (χ0) is 15.6. The van der Waals surface area contributed by atoms with Crippen LogP contribution in [0, 0.1) is 0 Å². The molecule has 0 aliphatic heterocycles. The van der Waals surface area contributed by atoms with E-state index in [4.69, 9.17) is 51.1 Å². The molecule has 0 saturated heterocycles. The van der Waals surface area contributed by atoms with Crippen LogP contribution in [0.15, 0.2) is 36.4 Å². The van der Waals surface area contributed by atoms with Gasteiger partial charge in [-0.25, -0.2) is 0 Å². The Bertz CT molecular complexity index is 626. The third-order valence-electron chi connectivity index (χ3n) is 3.13. The molecular formula is C15H12Cl4O2. The third kappa shape index (κ3) is 3.51. The lowest BCUT2D eigenvalue weighted by Crippen LogP contribution is -2.10. The Balaban J connectivity index is 2.56. The first-order valence-electron chi connectivity index (χ1n) is 6.04. The molecular weight excluding hydrogens is 354 g/mol. The van der Waals surface area contributed by atoms with Gasteiger partial charge in [0.15, 0.2) is 11.5 Å². The van der Waals surface area contributed by atoms with E-state index < -0.39 is 4.84 Å². The maximum Gasteiger partial charge on any atom is 0.179 e. The van der Waals surface area contributed by atoms with Crippen LogP contribution in [-0.2, 0) is 0 Å². The number of phenolic OH excluding ortho intramolecular Hbond substituents is 1. The third-order valence-corrected chi connectivity index (χ3v) is 4.27. The van der Waals surface area contributed by atoms with Crippen LogP contribution in [0.1, 0.15) is 17.0 Å². The van der Waals surface area contributed by atoms with Gasteiger partial charge in [0.2, 0.25) is 0 Å². The molecule has 0 spiro atoms. The standard InChI is InChI=1S/C15H12Cl4O2/c1-21-14-11(20)7-6-10(13(14)17)12(15(18)19)8-2-4-9(16)5-3-8/h2-7,12,15,20H,1H3. The van der Waals surface area contributed by atoms with Gasteiger partial charge in [-0.3, -0.25) is 0 Å². The van der Waals surface area contributed by atoms with Crippen molar-refractivity contribution in [2.24, 2.45) is 0 Å². The van der Waals surface area contributed by atoms with Gasteiger partial charge in [-0.1, -0.05) is 41.4 Å². The molecule has 0 aromatic heterocycles. The van der Waals surface area contributed by atoms with Crippen LogP contribution in [-0.4, -0.2) is 17.1 Å². The fourth-order valence-electron chi connectivity index (χ4n) is 2.13. The number of aromatic hydroxyl groups is 1. The number of halogens is 4. The number of phenols is 1. The summed E-state index contributed by atoms with van der Waals surface area (Å²) in [7, 11) is 1.43. The molecule has 112 valence electrons. The molecule has 6 heteroatoms. The smallest absolute Gasteiger partial charge is 0.179 e. The normalized spacial score (nSPS) is 12.5. The maximum atomic E-state index is 9.75. The van der Waals surface area contributed by atoms with Crippen molar-refractivity contribution in [1.82, 2.24) is 0 Å². The summed E-state index contributed by atoms with van der Waals surface area (Å²) in [4.78, 5) is -0.724. The lowest BCUT2D eigenvalue weighted by atomic mass is 9.92. The molecule has 0 saturated carbocycles. The average Bonchev–Trinajstić information content (AvgIpc) is 2.44. The number of hydrogen-bond acceptors (Lipinski definition) is 2. The highest BCUT2D eigenvalue weighted by molar-refractivity contribution is 6.45. The number of ether oxygens (including phenoxy) is 1. The molecule has 2 nitrogen and oxygen atoms in total. The van der Waals surface area contributed by atoms with E-state index in [0.29, 0.717) is 10.6 Å². The quantitative estimate of drug-likeness (QED) is 0.710. The molecule has 2 aromatic carbocycles. The summed E-state index contributed by atoms with van der Waals surface area (Å²) in [6.07, 6.45) is 0. The van der Waals surface area contributed by atoms with Crippen LogP contribution in [0.5, 0.6) is 11.5 Å². The van der Waals surface area contributed by atoms with Gasteiger partial charge in [0.05, 0.1) is 12.1 Å². The Morgan fingerprint density at radius 2 is 1.62 bits per heavy atom. The number of alkyl halides is 2. The van der Waals surface area contributed by atoms with Gasteiger partial charge in [-0.15, -0.1) is 23.2 Å². The van der Waals surface area contributed by atoms with Gasteiger partial charge >= 0.3 is 0 Å². The minimum atomic E-state index is -0.724. The van der Waals surface area contributed by atoms with Crippen LogP contribution in [0.25, 0.3) is 0 Å². The lowest BCUT2D eigenvalue weighted by Gasteiger charge is -2.21. The molecule has 0 fully saturated rings. The zero-order valence-corrected chi connectivity index (χ0v) is 14.0. The van der Waals surface area contributed by atoms with E-state index in [1.54, 1.807) is 18.2 Å². The van der Waals surface area contributed by atoms with Crippen LogP contribution in [0.3, 0.4) is 0 Å². The van der Waals surface area contributed by atoms with Crippen LogP contribution < -0.4 is 4.74 Å². The van der Waals surface area contributed by atoms with Crippen molar-refractivity contribution in [1.29, 1.82) is 0 Å². The summed E-state index contributed by atoms with van der Waals surface area (Å²) in [5, 5.41) is 10.6. The average molecular weight is 366 g/mol. The second-order valence-corrected chi connectivity index (χ2v) is 6.36. The summed E-state index contributed by atoms with van der Waals surface area (Å²) >= 11 is 24.5. The van der Waals surface area contributed by atoms with E-state index in [9.17, 15) is 5.11 Å². The fraction of sp³-hybridized carbons (Fsp3) is 0.200. The minimum absolute atomic E-state index is 0.0400. The van der Waals surface area contributed by atoms with Gasteiger partial charge in [0, 0.05) is 10.9 Å².